The van der Waals surface area contributed by atoms with Crippen molar-refractivity contribution in [1.29, 1.82) is 0 Å². The van der Waals surface area contributed by atoms with Gasteiger partial charge in [0.2, 0.25) is 5.91 Å². The van der Waals surface area contributed by atoms with Crippen molar-refractivity contribution < 1.29 is 14.0 Å². The number of anilines is 2. The van der Waals surface area contributed by atoms with E-state index >= 15 is 0 Å². The van der Waals surface area contributed by atoms with E-state index < -0.39 is 5.82 Å². The van der Waals surface area contributed by atoms with Crippen LogP contribution in [0.25, 0.3) is 0 Å². The molecule has 0 fully saturated rings. The molecule has 0 aliphatic carbocycles. The van der Waals surface area contributed by atoms with Crippen molar-refractivity contribution in [3.05, 3.63) is 59.4 Å². The van der Waals surface area contributed by atoms with Crippen LogP contribution in [0.5, 0.6) is 0 Å². The van der Waals surface area contributed by atoms with Crippen LogP contribution < -0.4 is 10.6 Å². The van der Waals surface area contributed by atoms with E-state index in [4.69, 9.17) is 0 Å². The summed E-state index contributed by atoms with van der Waals surface area (Å²) in [7, 11) is 0. The average molecular weight is 298 g/mol. The molecular formula is C17H15FN2O2. The Morgan fingerprint density at radius 1 is 1.14 bits per heavy atom. The van der Waals surface area contributed by atoms with Crippen molar-refractivity contribution in [2.24, 2.45) is 0 Å². The van der Waals surface area contributed by atoms with Crippen LogP contribution in [0.15, 0.2) is 42.5 Å². The summed E-state index contributed by atoms with van der Waals surface area (Å²) in [5.74, 6) is -0.706. The van der Waals surface area contributed by atoms with E-state index in [0.717, 1.165) is 24.1 Å². The standard InChI is InChI=1S/C17H15FN2O2/c18-13-4-2-5-14(10-13)19-17(22)12-7-8-15-11(9-12)3-1-6-16(21)20-15/h2,4-5,7-10H,1,3,6H2,(H,19,22)(H,20,21). The number of nitrogens with one attached hydrogen (secondary N) is 2. The van der Waals surface area contributed by atoms with E-state index in [-0.39, 0.29) is 11.8 Å². The number of benzene rings is 2. The van der Waals surface area contributed by atoms with Gasteiger partial charge in [0.15, 0.2) is 0 Å². The first-order valence-corrected chi connectivity index (χ1v) is 7.11. The Hall–Kier alpha value is -2.69. The number of carbonyl (C=O) groups excluding carboxylic acids is 2. The minimum Gasteiger partial charge on any atom is -0.326 e. The molecule has 1 heterocycles. The van der Waals surface area contributed by atoms with Gasteiger partial charge in [-0.3, -0.25) is 9.59 Å². The highest BCUT2D eigenvalue weighted by Crippen LogP contribution is 2.23. The topological polar surface area (TPSA) is 58.2 Å². The molecule has 2 amide bonds. The van der Waals surface area contributed by atoms with E-state index in [1.165, 1.54) is 18.2 Å². The maximum absolute atomic E-state index is 13.1. The third-order valence-electron chi connectivity index (χ3n) is 3.57. The molecule has 0 radical (unpaired) electrons. The molecule has 0 unspecified atom stereocenters. The maximum Gasteiger partial charge on any atom is 0.255 e. The average Bonchev–Trinajstić information content (AvgIpc) is 2.67. The lowest BCUT2D eigenvalue weighted by atomic mass is 10.0. The molecule has 0 saturated heterocycles. The first-order chi connectivity index (χ1) is 10.6. The molecule has 0 saturated carbocycles. The predicted octanol–water partition coefficient (Wildman–Crippen LogP) is 3.35. The first-order valence-electron chi connectivity index (χ1n) is 7.11. The molecule has 0 bridgehead atoms. The molecule has 3 rings (SSSR count). The maximum atomic E-state index is 13.1. The second-order valence-electron chi connectivity index (χ2n) is 5.24. The second-order valence-corrected chi connectivity index (χ2v) is 5.24. The molecule has 0 aromatic heterocycles. The smallest absolute Gasteiger partial charge is 0.255 e. The minimum atomic E-state index is -0.401. The fraction of sp³-hybridized carbons (Fsp3) is 0.176. The molecule has 2 N–H and O–H groups in total. The van der Waals surface area contributed by atoms with Crippen molar-refractivity contribution in [2.45, 2.75) is 19.3 Å². The molecule has 22 heavy (non-hydrogen) atoms. The van der Waals surface area contributed by atoms with Gasteiger partial charge in [0, 0.05) is 23.4 Å². The summed E-state index contributed by atoms with van der Waals surface area (Å²) < 4.78 is 13.1. The van der Waals surface area contributed by atoms with E-state index in [1.807, 2.05) is 0 Å². The normalized spacial score (nSPS) is 13.8. The largest absolute Gasteiger partial charge is 0.326 e. The molecule has 1 aliphatic rings. The quantitative estimate of drug-likeness (QED) is 0.893. The highest BCUT2D eigenvalue weighted by Gasteiger charge is 2.15. The summed E-state index contributed by atoms with van der Waals surface area (Å²) in [6, 6.07) is 10.9. The molecule has 112 valence electrons. The Kier molecular flexibility index (Phi) is 3.87. The monoisotopic (exact) mass is 298 g/mol. The minimum absolute atomic E-state index is 0.00397. The first kappa shape index (κ1) is 14.3. The summed E-state index contributed by atoms with van der Waals surface area (Å²) in [6.45, 7) is 0. The third kappa shape index (κ3) is 3.14. The lowest BCUT2D eigenvalue weighted by Gasteiger charge is -2.10. The van der Waals surface area contributed by atoms with Crippen molar-refractivity contribution in [3.63, 3.8) is 0 Å². The molecule has 5 heteroatoms. The number of hydrogen-bond acceptors (Lipinski definition) is 2. The van der Waals surface area contributed by atoms with Gasteiger partial charge in [-0.1, -0.05) is 6.07 Å². The molecule has 2 aromatic carbocycles. The fourth-order valence-corrected chi connectivity index (χ4v) is 2.49. The summed E-state index contributed by atoms with van der Waals surface area (Å²) >= 11 is 0. The Balaban J connectivity index is 1.81. The Labute approximate surface area is 127 Å². The van der Waals surface area contributed by atoms with Crippen molar-refractivity contribution >= 4 is 23.2 Å². The van der Waals surface area contributed by atoms with E-state index in [9.17, 15) is 14.0 Å². The number of halogens is 1. The number of amides is 2. The third-order valence-corrected chi connectivity index (χ3v) is 3.57. The highest BCUT2D eigenvalue weighted by atomic mass is 19.1. The van der Waals surface area contributed by atoms with Gasteiger partial charge in [0.1, 0.15) is 5.82 Å². The number of fused-ring (bicyclic) bond motifs is 1. The van der Waals surface area contributed by atoms with Crippen molar-refractivity contribution in [2.75, 3.05) is 10.6 Å². The van der Waals surface area contributed by atoms with Gasteiger partial charge in [-0.2, -0.15) is 0 Å². The number of aryl methyl sites for hydroxylation is 1. The SMILES string of the molecule is O=C1CCCc2cc(C(=O)Nc3cccc(F)c3)ccc2N1. The molecule has 1 aliphatic heterocycles. The number of carbonyl (C=O) groups is 2. The van der Waals surface area contributed by atoms with Crippen molar-refractivity contribution in [3.8, 4) is 0 Å². The Bertz CT molecular complexity index is 743. The van der Waals surface area contributed by atoms with Gasteiger partial charge in [0.05, 0.1) is 0 Å². The molecule has 0 atom stereocenters. The van der Waals surface area contributed by atoms with E-state index in [2.05, 4.69) is 10.6 Å². The zero-order valence-corrected chi connectivity index (χ0v) is 11.9. The van der Waals surface area contributed by atoms with Gasteiger partial charge in [-0.25, -0.2) is 4.39 Å². The van der Waals surface area contributed by atoms with Crippen LogP contribution in [0.2, 0.25) is 0 Å². The summed E-state index contributed by atoms with van der Waals surface area (Å²) in [5, 5.41) is 5.49. The Morgan fingerprint density at radius 3 is 2.82 bits per heavy atom. The van der Waals surface area contributed by atoms with Crippen LogP contribution >= 0.6 is 0 Å². The zero-order chi connectivity index (χ0) is 15.5. The van der Waals surface area contributed by atoms with Crippen LogP contribution in [0.4, 0.5) is 15.8 Å². The predicted molar refractivity (Wildman–Crippen MR) is 82.4 cm³/mol. The lowest BCUT2D eigenvalue weighted by Crippen LogP contribution is -2.13. The van der Waals surface area contributed by atoms with Crippen LogP contribution in [-0.4, -0.2) is 11.8 Å². The fourth-order valence-electron chi connectivity index (χ4n) is 2.49. The summed E-state index contributed by atoms with van der Waals surface area (Å²) in [4.78, 5) is 23.8. The van der Waals surface area contributed by atoms with Crippen LogP contribution in [0, 0.1) is 5.82 Å². The van der Waals surface area contributed by atoms with Gasteiger partial charge < -0.3 is 10.6 Å². The zero-order valence-electron chi connectivity index (χ0n) is 11.9. The van der Waals surface area contributed by atoms with Crippen molar-refractivity contribution in [1.82, 2.24) is 0 Å². The molecule has 4 nitrogen and oxygen atoms in total. The number of rotatable bonds is 2. The van der Waals surface area contributed by atoms with Crippen LogP contribution in [0.3, 0.4) is 0 Å². The van der Waals surface area contributed by atoms with Gasteiger partial charge in [-0.15, -0.1) is 0 Å². The summed E-state index contributed by atoms with van der Waals surface area (Å²) in [6.07, 6.45) is 1.99. The van der Waals surface area contributed by atoms with Crippen LogP contribution in [-0.2, 0) is 11.2 Å². The van der Waals surface area contributed by atoms with Gasteiger partial charge in [0.25, 0.3) is 5.91 Å². The Morgan fingerprint density at radius 2 is 2.00 bits per heavy atom. The lowest BCUT2D eigenvalue weighted by molar-refractivity contribution is -0.116. The number of hydrogen-bond donors (Lipinski definition) is 2. The second kappa shape index (κ2) is 5.97. The summed E-state index contributed by atoms with van der Waals surface area (Å²) in [5.41, 5.74) is 2.59. The molecule has 0 spiro atoms. The van der Waals surface area contributed by atoms with Gasteiger partial charge >= 0.3 is 0 Å². The van der Waals surface area contributed by atoms with E-state index in [0.29, 0.717) is 17.7 Å². The van der Waals surface area contributed by atoms with Crippen LogP contribution in [0.1, 0.15) is 28.8 Å². The molecular weight excluding hydrogens is 283 g/mol. The highest BCUT2D eigenvalue weighted by molar-refractivity contribution is 6.05. The molecule has 2 aromatic rings. The van der Waals surface area contributed by atoms with E-state index in [1.54, 1.807) is 24.3 Å². The van der Waals surface area contributed by atoms with Gasteiger partial charge in [-0.05, 0) is 54.8 Å².